The molecule has 10 aromatic rings. The van der Waals surface area contributed by atoms with Gasteiger partial charge >= 0.3 is 20.1 Å². The number of rotatable bonds is 12. The van der Waals surface area contributed by atoms with Gasteiger partial charge in [0.15, 0.2) is 0 Å². The van der Waals surface area contributed by atoms with Crippen molar-refractivity contribution in [2.24, 2.45) is 0 Å². The Morgan fingerprint density at radius 2 is 0.905 bits per heavy atom. The molecule has 7 aromatic carbocycles. The third-order valence-electron chi connectivity index (χ3n) is 11.6. The van der Waals surface area contributed by atoms with Gasteiger partial charge in [0.25, 0.3) is 0 Å². The Balaban J connectivity index is 0.00000504. The Hall–Kier alpha value is -7.10. The first-order valence-corrected chi connectivity index (χ1v) is 21.2. The average Bonchev–Trinajstić information content (AvgIpc) is 3.36. The molecular weight excluding hydrogens is 943 g/mol. The van der Waals surface area contributed by atoms with E-state index >= 15 is 0 Å². The summed E-state index contributed by atoms with van der Waals surface area (Å²) in [6, 6.07) is 77.1. The summed E-state index contributed by atoms with van der Waals surface area (Å²) < 4.78 is 0. The van der Waals surface area contributed by atoms with Crippen LogP contribution in [0.15, 0.2) is 207 Å². The molecule has 3 nitrogen and oxygen atoms in total. The van der Waals surface area contributed by atoms with E-state index in [2.05, 4.69) is 180 Å². The van der Waals surface area contributed by atoms with Crippen molar-refractivity contribution in [2.75, 3.05) is 0 Å². The molecule has 0 atom stereocenters. The molecule has 0 bridgehead atoms. The fraction of sp³-hybridized carbons (Fsp3) is 0.0678. The number of nitrogens with zero attached hydrogens (tertiary/aromatic N) is 3. The molecule has 3 aromatic heterocycles. The molecule has 3 heterocycles. The average molecular weight is 985 g/mol. The Bertz CT molecular complexity index is 2970. The zero-order chi connectivity index (χ0) is 41.5. The molecule has 10 rings (SSSR count). The van der Waals surface area contributed by atoms with E-state index in [9.17, 15) is 0 Å². The molecule has 302 valence electrons. The van der Waals surface area contributed by atoms with Crippen LogP contribution in [0.4, 0.5) is 0 Å². The van der Waals surface area contributed by atoms with Crippen LogP contribution in [-0.4, -0.2) is 15.0 Å². The summed E-state index contributed by atoms with van der Waals surface area (Å²) in [6.07, 6.45) is 9.22. The van der Waals surface area contributed by atoms with E-state index in [1.54, 1.807) is 0 Å². The van der Waals surface area contributed by atoms with Crippen molar-refractivity contribution in [2.45, 2.75) is 25.7 Å². The van der Waals surface area contributed by atoms with Gasteiger partial charge in [0.2, 0.25) is 0 Å². The quantitative estimate of drug-likeness (QED) is 0.115. The number of pyridine rings is 3. The van der Waals surface area contributed by atoms with Crippen LogP contribution in [0.5, 0.6) is 0 Å². The summed E-state index contributed by atoms with van der Waals surface area (Å²) >= 11 is 0. The number of hydrogen-bond acceptors (Lipinski definition) is 3. The van der Waals surface area contributed by atoms with Gasteiger partial charge in [-0.3, -0.25) is 0 Å². The minimum Gasteiger partial charge on any atom is -0.305 e. The summed E-state index contributed by atoms with van der Waals surface area (Å²) in [5.74, 6) is 0. The van der Waals surface area contributed by atoms with E-state index in [0.717, 1.165) is 75.8 Å². The number of aryl methyl sites for hydroxylation is 4. The van der Waals surface area contributed by atoms with E-state index in [4.69, 9.17) is 4.98 Å². The molecule has 0 amide bonds. The molecule has 0 saturated carbocycles. The molecule has 63 heavy (non-hydrogen) atoms. The van der Waals surface area contributed by atoms with Crippen molar-refractivity contribution in [1.29, 1.82) is 0 Å². The van der Waals surface area contributed by atoms with Crippen molar-refractivity contribution < 1.29 is 20.1 Å². The van der Waals surface area contributed by atoms with Crippen LogP contribution in [0.25, 0.3) is 77.9 Å². The van der Waals surface area contributed by atoms with Gasteiger partial charge in [-0.2, -0.15) is 0 Å². The molecule has 0 aliphatic heterocycles. The molecular formula is C59H42IrN3. The maximum absolute atomic E-state index is 4.84. The van der Waals surface area contributed by atoms with Crippen molar-refractivity contribution in [3.05, 3.63) is 247 Å². The number of benzene rings is 7. The van der Waals surface area contributed by atoms with E-state index in [0.29, 0.717) is 0 Å². The predicted octanol–water partition coefficient (Wildman–Crippen LogP) is 14.0. The Kier molecular flexibility index (Phi) is 12.6. The van der Waals surface area contributed by atoms with Crippen molar-refractivity contribution in [1.82, 2.24) is 15.0 Å². The molecule has 0 spiro atoms. The van der Waals surface area contributed by atoms with Gasteiger partial charge in [0.1, 0.15) is 0 Å². The standard InChI is InChI=1S/C59H42N3.Ir/c1-2-10-46(11-3-1)51-32-33-56-52(41-51)34-37-62-59(56)50-30-28-47(29-31-50)54-12-4-5-13-55(54)53-39-44(18-16-42-20-24-48(25-21-42)57-14-6-8-35-60-57)38-45(40-53)19-17-43-22-26-49(27-23-43)58-15-7-9-36-61-58;/h1-15,20-24,26,28-30,32-41H,16-19H2;/q-3;+3. The van der Waals surface area contributed by atoms with E-state index in [-0.39, 0.29) is 20.1 Å². The molecule has 4 heteroatoms. The second-order valence-corrected chi connectivity index (χ2v) is 15.7. The first-order valence-electron chi connectivity index (χ1n) is 21.2. The van der Waals surface area contributed by atoms with Gasteiger partial charge in [-0.05, 0) is 98.3 Å². The van der Waals surface area contributed by atoms with E-state index < -0.39 is 0 Å². The summed E-state index contributed by atoms with van der Waals surface area (Å²) in [7, 11) is 0. The normalized spacial score (nSPS) is 11.0. The Morgan fingerprint density at radius 1 is 0.349 bits per heavy atom. The monoisotopic (exact) mass is 985 g/mol. The van der Waals surface area contributed by atoms with Crippen LogP contribution < -0.4 is 0 Å². The summed E-state index contributed by atoms with van der Waals surface area (Å²) in [5.41, 5.74) is 18.1. The second kappa shape index (κ2) is 19.3. The zero-order valence-corrected chi connectivity index (χ0v) is 37.0. The SMILES string of the molecule is [Ir+3].[c-]1cc(CCc2cc(CCc3c[c-]c(-c4ccccn4)cc3)cc(-c3ccccc3-c3c[c-]c(-c4nccc5cc(-c6ccccc6)ccc45)cc3)c2)ccc1-c1ccccn1. The Morgan fingerprint density at radius 3 is 1.48 bits per heavy atom. The van der Waals surface area contributed by atoms with E-state index in [1.807, 2.05) is 55.0 Å². The summed E-state index contributed by atoms with van der Waals surface area (Å²) in [4.78, 5) is 13.9. The fourth-order valence-corrected chi connectivity index (χ4v) is 8.30. The molecule has 0 unspecified atom stereocenters. The van der Waals surface area contributed by atoms with E-state index in [1.165, 1.54) is 50.1 Å². The third kappa shape index (κ3) is 9.54. The first kappa shape index (κ1) is 41.3. The zero-order valence-electron chi connectivity index (χ0n) is 34.6. The van der Waals surface area contributed by atoms with Crippen LogP contribution >= 0.6 is 0 Å². The van der Waals surface area contributed by atoms with Gasteiger partial charge in [0.05, 0.1) is 0 Å². The number of aromatic nitrogens is 3. The molecule has 0 radical (unpaired) electrons. The van der Waals surface area contributed by atoms with Gasteiger partial charge < -0.3 is 15.0 Å². The maximum atomic E-state index is 4.84. The smallest absolute Gasteiger partial charge is 0.305 e. The van der Waals surface area contributed by atoms with Gasteiger partial charge in [-0.15, -0.1) is 101 Å². The van der Waals surface area contributed by atoms with Gasteiger partial charge in [-0.25, -0.2) is 0 Å². The van der Waals surface area contributed by atoms with Gasteiger partial charge in [0, 0.05) is 18.6 Å². The molecule has 0 aliphatic carbocycles. The van der Waals surface area contributed by atoms with Gasteiger partial charge in [-0.1, -0.05) is 133 Å². The van der Waals surface area contributed by atoms with Crippen LogP contribution in [0.3, 0.4) is 0 Å². The van der Waals surface area contributed by atoms with Crippen molar-refractivity contribution in [3.8, 4) is 67.2 Å². The van der Waals surface area contributed by atoms with Crippen LogP contribution in [0.1, 0.15) is 22.3 Å². The largest absolute Gasteiger partial charge is 3.00 e. The topological polar surface area (TPSA) is 38.7 Å². The maximum Gasteiger partial charge on any atom is 3.00 e. The Labute approximate surface area is 383 Å². The number of fused-ring (bicyclic) bond motifs is 1. The third-order valence-corrected chi connectivity index (χ3v) is 11.6. The minimum absolute atomic E-state index is 0. The minimum atomic E-state index is 0. The first-order chi connectivity index (χ1) is 30.7. The van der Waals surface area contributed by atoms with Crippen LogP contribution in [0.2, 0.25) is 0 Å². The number of hydrogen-bond donors (Lipinski definition) is 0. The summed E-state index contributed by atoms with van der Waals surface area (Å²) in [5, 5.41) is 2.28. The molecule has 0 aliphatic rings. The molecule has 0 saturated heterocycles. The summed E-state index contributed by atoms with van der Waals surface area (Å²) in [6.45, 7) is 0. The fourth-order valence-electron chi connectivity index (χ4n) is 8.30. The predicted molar refractivity (Wildman–Crippen MR) is 254 cm³/mol. The van der Waals surface area contributed by atoms with Crippen LogP contribution in [-0.2, 0) is 45.8 Å². The van der Waals surface area contributed by atoms with Crippen molar-refractivity contribution >= 4 is 10.8 Å². The molecule has 0 N–H and O–H groups in total. The van der Waals surface area contributed by atoms with Crippen LogP contribution in [0, 0.1) is 18.2 Å². The molecule has 0 fully saturated rings. The van der Waals surface area contributed by atoms with Crippen molar-refractivity contribution in [3.63, 3.8) is 0 Å². The second-order valence-electron chi connectivity index (χ2n) is 15.7.